The molecule has 1 N–H and O–H groups in total. The maximum atomic E-state index is 4.99. The molecule has 0 unspecified atom stereocenters. The summed E-state index contributed by atoms with van der Waals surface area (Å²) >= 11 is 0. The molecule has 0 bridgehead atoms. The summed E-state index contributed by atoms with van der Waals surface area (Å²) in [5, 5.41) is 4.73. The molecule has 6 aromatic rings. The molecule has 1 aliphatic heterocycles. The summed E-state index contributed by atoms with van der Waals surface area (Å²) in [6.45, 7) is 8.74. The Labute approximate surface area is 209 Å². The zero-order valence-electron chi connectivity index (χ0n) is 20.9. The van der Waals surface area contributed by atoms with Crippen LogP contribution < -0.4 is 0 Å². The second-order valence-corrected chi connectivity index (χ2v) is 10.5. The first kappa shape index (κ1) is 21.2. The van der Waals surface area contributed by atoms with Gasteiger partial charge in [-0.05, 0) is 51.6 Å². The molecular formula is C31H27N5. The highest BCUT2D eigenvalue weighted by Gasteiger charge is 2.24. The van der Waals surface area contributed by atoms with E-state index in [2.05, 4.69) is 81.2 Å². The fraction of sp³-hybridized carbons (Fsp3) is 0.226. The first-order valence-corrected chi connectivity index (χ1v) is 12.7. The molecule has 0 atom stereocenters. The van der Waals surface area contributed by atoms with Gasteiger partial charge in [0.05, 0.1) is 22.2 Å². The van der Waals surface area contributed by atoms with Crippen molar-refractivity contribution in [2.45, 2.75) is 40.0 Å². The lowest BCUT2D eigenvalue weighted by Gasteiger charge is -2.11. The number of H-pyrrole nitrogens is 1. The van der Waals surface area contributed by atoms with Crippen LogP contribution in [0.25, 0.3) is 54.7 Å². The number of rotatable bonds is 3. The van der Waals surface area contributed by atoms with Crippen molar-refractivity contribution in [3.8, 4) is 11.1 Å². The Bertz CT molecular complexity index is 1870. The van der Waals surface area contributed by atoms with Gasteiger partial charge >= 0.3 is 0 Å². The summed E-state index contributed by atoms with van der Waals surface area (Å²) in [5.74, 6) is 1.81. The van der Waals surface area contributed by atoms with Crippen LogP contribution in [0.3, 0.4) is 0 Å². The molecule has 0 saturated heterocycles. The molecule has 5 nitrogen and oxygen atoms in total. The molecule has 4 aromatic carbocycles. The van der Waals surface area contributed by atoms with E-state index in [0.717, 1.165) is 45.4 Å². The number of aromatic amines is 1. The van der Waals surface area contributed by atoms with Gasteiger partial charge in [-0.25, -0.2) is 4.98 Å². The van der Waals surface area contributed by atoms with E-state index >= 15 is 0 Å². The monoisotopic (exact) mass is 469 g/mol. The summed E-state index contributed by atoms with van der Waals surface area (Å²) in [7, 11) is 0. The molecule has 0 amide bonds. The third-order valence-corrected chi connectivity index (χ3v) is 7.45. The minimum absolute atomic E-state index is 0.366. The van der Waals surface area contributed by atoms with Crippen molar-refractivity contribution in [3.63, 3.8) is 0 Å². The summed E-state index contributed by atoms with van der Waals surface area (Å²) in [5.41, 5.74) is 9.78. The average Bonchev–Trinajstić information content (AvgIpc) is 3.54. The molecule has 0 radical (unpaired) electrons. The highest BCUT2D eigenvalue weighted by molar-refractivity contribution is 6.16. The van der Waals surface area contributed by atoms with E-state index in [0.29, 0.717) is 11.8 Å². The maximum Gasteiger partial charge on any atom is 0.115 e. The van der Waals surface area contributed by atoms with Gasteiger partial charge in [0.2, 0.25) is 0 Å². The number of imidazole rings is 1. The van der Waals surface area contributed by atoms with E-state index < -0.39 is 0 Å². The van der Waals surface area contributed by atoms with Crippen LogP contribution in [-0.2, 0) is 6.42 Å². The number of aromatic nitrogens is 4. The zero-order valence-corrected chi connectivity index (χ0v) is 20.9. The molecule has 0 aliphatic carbocycles. The third-order valence-electron chi connectivity index (χ3n) is 7.45. The van der Waals surface area contributed by atoms with Crippen molar-refractivity contribution in [3.05, 3.63) is 72.3 Å². The van der Waals surface area contributed by atoms with E-state index in [-0.39, 0.29) is 0 Å². The van der Waals surface area contributed by atoms with Gasteiger partial charge in [-0.2, -0.15) is 0 Å². The predicted molar refractivity (Wildman–Crippen MR) is 149 cm³/mol. The summed E-state index contributed by atoms with van der Waals surface area (Å²) < 4.78 is 0. The van der Waals surface area contributed by atoms with Crippen LogP contribution in [-0.4, -0.2) is 25.6 Å². The largest absolute Gasteiger partial charge is 0.342 e. The molecule has 176 valence electrons. The Morgan fingerprint density at radius 3 is 2.25 bits per heavy atom. The number of hydrogen-bond donors (Lipinski definition) is 1. The molecule has 0 fully saturated rings. The molecule has 5 heteroatoms. The molecule has 3 heterocycles. The fourth-order valence-electron chi connectivity index (χ4n) is 5.43. The van der Waals surface area contributed by atoms with Gasteiger partial charge in [0.25, 0.3) is 0 Å². The van der Waals surface area contributed by atoms with Crippen LogP contribution in [0.1, 0.15) is 45.0 Å². The minimum atomic E-state index is 0.366. The second-order valence-electron chi connectivity index (χ2n) is 10.5. The Morgan fingerprint density at radius 2 is 1.47 bits per heavy atom. The quantitative estimate of drug-likeness (QED) is 0.268. The van der Waals surface area contributed by atoms with Crippen LogP contribution in [0.5, 0.6) is 0 Å². The number of nitrogens with one attached hydrogen (secondary N) is 1. The van der Waals surface area contributed by atoms with E-state index in [4.69, 9.17) is 19.9 Å². The zero-order chi connectivity index (χ0) is 24.6. The first-order chi connectivity index (χ1) is 17.5. The van der Waals surface area contributed by atoms with Gasteiger partial charge in [-0.1, -0.05) is 58.0 Å². The van der Waals surface area contributed by atoms with E-state index in [1.54, 1.807) is 12.4 Å². The normalized spacial score (nSPS) is 13.6. The van der Waals surface area contributed by atoms with Crippen molar-refractivity contribution >= 4 is 55.0 Å². The Kier molecular flexibility index (Phi) is 4.53. The minimum Gasteiger partial charge on any atom is -0.342 e. The molecular weight excluding hydrogens is 442 g/mol. The lowest BCUT2D eigenvalue weighted by Crippen LogP contribution is -2.06. The summed E-state index contributed by atoms with van der Waals surface area (Å²) in [6.07, 6.45) is 4.42. The van der Waals surface area contributed by atoms with Gasteiger partial charge in [-0.3, -0.25) is 15.0 Å². The summed E-state index contributed by atoms with van der Waals surface area (Å²) in [4.78, 5) is 22.8. The van der Waals surface area contributed by atoms with Gasteiger partial charge in [-0.15, -0.1) is 0 Å². The Morgan fingerprint density at radius 1 is 0.722 bits per heavy atom. The number of fused-ring (bicyclic) bond motifs is 9. The topological polar surface area (TPSA) is 66.8 Å². The van der Waals surface area contributed by atoms with Crippen molar-refractivity contribution in [2.24, 2.45) is 10.9 Å². The third kappa shape index (κ3) is 3.08. The van der Waals surface area contributed by atoms with Gasteiger partial charge in [0.1, 0.15) is 11.3 Å². The van der Waals surface area contributed by atoms with Crippen LogP contribution in [0.4, 0.5) is 5.69 Å². The maximum absolute atomic E-state index is 4.99. The van der Waals surface area contributed by atoms with Crippen LogP contribution >= 0.6 is 0 Å². The molecule has 2 aromatic heterocycles. The highest BCUT2D eigenvalue weighted by Crippen LogP contribution is 2.42. The molecule has 36 heavy (non-hydrogen) atoms. The SMILES string of the molecule is CC(C)C1=Nc2c(c3ccc(-c4ccc5c(ccc6[nH]c(C(C)C)nc65)c4)cc3c3nccnc23)C1. The number of aliphatic imine (C=N–C) groups is 1. The van der Waals surface area contributed by atoms with Crippen molar-refractivity contribution in [1.82, 2.24) is 19.9 Å². The van der Waals surface area contributed by atoms with Gasteiger partial charge < -0.3 is 4.98 Å². The van der Waals surface area contributed by atoms with Crippen LogP contribution in [0.15, 0.2) is 65.9 Å². The van der Waals surface area contributed by atoms with Gasteiger partial charge in [0, 0.05) is 41.2 Å². The van der Waals surface area contributed by atoms with Crippen LogP contribution in [0, 0.1) is 5.92 Å². The van der Waals surface area contributed by atoms with Crippen molar-refractivity contribution in [2.75, 3.05) is 0 Å². The smallest absolute Gasteiger partial charge is 0.115 e. The fourth-order valence-corrected chi connectivity index (χ4v) is 5.43. The highest BCUT2D eigenvalue weighted by atomic mass is 14.9. The Balaban J connectivity index is 1.41. The predicted octanol–water partition coefficient (Wildman–Crippen LogP) is 7.89. The molecule has 1 aliphatic rings. The summed E-state index contributed by atoms with van der Waals surface area (Å²) in [6, 6.07) is 17.7. The van der Waals surface area contributed by atoms with E-state index in [1.165, 1.54) is 38.6 Å². The van der Waals surface area contributed by atoms with Crippen molar-refractivity contribution < 1.29 is 0 Å². The van der Waals surface area contributed by atoms with Crippen LogP contribution in [0.2, 0.25) is 0 Å². The standard InChI is InChI=1S/C31H27N5/c1-16(2)26-15-24-22-9-6-19(14-23(22)28-30(29(24)34-26)33-12-11-32-28)18-5-8-21-20(13-18)7-10-25-27(21)36-31(35-25)17(3)4/h5-14,16-17H,15H2,1-4H3,(H,35,36). The number of hydrogen-bond acceptors (Lipinski definition) is 4. The molecule has 0 saturated carbocycles. The molecule has 0 spiro atoms. The van der Waals surface area contributed by atoms with Gasteiger partial charge in [0.15, 0.2) is 0 Å². The lowest BCUT2D eigenvalue weighted by atomic mass is 9.93. The first-order valence-electron chi connectivity index (χ1n) is 12.7. The molecule has 7 rings (SSSR count). The number of benzene rings is 4. The van der Waals surface area contributed by atoms with E-state index in [1.807, 2.05) is 0 Å². The lowest BCUT2D eigenvalue weighted by molar-refractivity contribution is 0.799. The Hall–Kier alpha value is -4.12. The average molecular weight is 470 g/mol. The number of nitrogens with zero attached hydrogens (tertiary/aromatic N) is 4. The van der Waals surface area contributed by atoms with Crippen molar-refractivity contribution in [1.29, 1.82) is 0 Å². The second kappa shape index (κ2) is 7.69. The van der Waals surface area contributed by atoms with E-state index in [9.17, 15) is 0 Å².